The summed E-state index contributed by atoms with van der Waals surface area (Å²) in [6, 6.07) is 6.40. The van der Waals surface area contributed by atoms with E-state index in [2.05, 4.69) is 31.6 Å². The van der Waals surface area contributed by atoms with Crippen molar-refractivity contribution in [2.24, 2.45) is 4.99 Å². The normalized spacial score (nSPS) is 15.4. The number of rotatable bonds is 10. The van der Waals surface area contributed by atoms with Gasteiger partial charge < -0.3 is 20.3 Å². The summed E-state index contributed by atoms with van der Waals surface area (Å²) in [6.45, 7) is 7.28. The van der Waals surface area contributed by atoms with Gasteiger partial charge in [0.1, 0.15) is 6.54 Å². The van der Waals surface area contributed by atoms with Crippen LogP contribution in [0.1, 0.15) is 31.9 Å². The van der Waals surface area contributed by atoms with Crippen LogP contribution < -0.4 is 10.6 Å². The molecular formula is C21H37IN6O2. The van der Waals surface area contributed by atoms with Crippen LogP contribution in [0.3, 0.4) is 0 Å². The van der Waals surface area contributed by atoms with Gasteiger partial charge in [0.2, 0.25) is 5.91 Å². The Kier molecular flexibility index (Phi) is 13.6. The largest absolute Gasteiger partial charge is 0.382 e. The molecule has 0 unspecified atom stereocenters. The van der Waals surface area contributed by atoms with Crippen LogP contribution in [0.5, 0.6) is 0 Å². The second kappa shape index (κ2) is 15.4. The fraction of sp³-hybridized carbons (Fsp3) is 0.667. The van der Waals surface area contributed by atoms with Crippen LogP contribution in [0.25, 0.3) is 0 Å². The number of pyridine rings is 1. The highest BCUT2D eigenvalue weighted by atomic mass is 127. The molecule has 0 atom stereocenters. The van der Waals surface area contributed by atoms with Gasteiger partial charge in [0, 0.05) is 65.7 Å². The summed E-state index contributed by atoms with van der Waals surface area (Å²) in [4.78, 5) is 24.8. The highest BCUT2D eigenvalue weighted by Crippen LogP contribution is 2.12. The maximum absolute atomic E-state index is 11.9. The van der Waals surface area contributed by atoms with Crippen LogP contribution in [0.15, 0.2) is 29.4 Å². The zero-order chi connectivity index (χ0) is 20.9. The molecule has 0 aliphatic carbocycles. The number of ether oxygens (including phenoxy) is 1. The summed E-state index contributed by atoms with van der Waals surface area (Å²) in [5.41, 5.74) is 1.11. The molecule has 9 heteroatoms. The lowest BCUT2D eigenvalue weighted by Crippen LogP contribution is -2.49. The van der Waals surface area contributed by atoms with Gasteiger partial charge in [-0.2, -0.15) is 0 Å². The number of aliphatic imine (C=N–C) groups is 1. The Hall–Kier alpha value is -1.46. The van der Waals surface area contributed by atoms with Crippen molar-refractivity contribution in [3.8, 4) is 0 Å². The zero-order valence-electron chi connectivity index (χ0n) is 18.5. The first kappa shape index (κ1) is 26.6. The minimum absolute atomic E-state index is 0. The summed E-state index contributed by atoms with van der Waals surface area (Å²) >= 11 is 0. The van der Waals surface area contributed by atoms with E-state index in [1.165, 1.54) is 0 Å². The second-order valence-corrected chi connectivity index (χ2v) is 7.45. The van der Waals surface area contributed by atoms with E-state index in [0.29, 0.717) is 12.0 Å². The lowest BCUT2D eigenvalue weighted by Gasteiger charge is -2.33. The van der Waals surface area contributed by atoms with E-state index in [4.69, 9.17) is 4.74 Å². The maximum atomic E-state index is 11.9. The Morgan fingerprint density at radius 2 is 2.10 bits per heavy atom. The highest BCUT2D eigenvalue weighted by Gasteiger charge is 2.20. The average Bonchev–Trinajstić information content (AvgIpc) is 2.73. The van der Waals surface area contributed by atoms with Gasteiger partial charge in [-0.15, -0.1) is 24.0 Å². The molecular weight excluding hydrogens is 495 g/mol. The standard InChI is InChI=1S/C21H36N6O2.HI/c1-4-29-15-7-12-23-21(24-16-20(28)26(2)3)25-18-9-13-27(14-10-18)17-19-8-5-6-11-22-19;/h5-6,8,11,18H,4,7,9-10,12-17H2,1-3H3,(H2,23,24,25);1H. The molecule has 30 heavy (non-hydrogen) atoms. The second-order valence-electron chi connectivity index (χ2n) is 7.45. The number of carbonyl (C=O) groups excluding carboxylic acids is 1. The van der Waals surface area contributed by atoms with Gasteiger partial charge in [0.05, 0.1) is 5.69 Å². The Balaban J connectivity index is 0.00000450. The van der Waals surface area contributed by atoms with Crippen molar-refractivity contribution >= 4 is 35.8 Å². The van der Waals surface area contributed by atoms with Crippen LogP contribution in [0.4, 0.5) is 0 Å². The Bertz CT molecular complexity index is 621. The van der Waals surface area contributed by atoms with E-state index in [0.717, 1.165) is 64.3 Å². The number of hydrogen-bond acceptors (Lipinski definition) is 5. The quantitative estimate of drug-likeness (QED) is 0.207. The summed E-state index contributed by atoms with van der Waals surface area (Å²) in [5, 5.41) is 6.85. The Morgan fingerprint density at radius 1 is 1.33 bits per heavy atom. The lowest BCUT2D eigenvalue weighted by atomic mass is 10.0. The van der Waals surface area contributed by atoms with E-state index in [9.17, 15) is 4.79 Å². The molecule has 170 valence electrons. The first-order chi connectivity index (χ1) is 14.1. The SMILES string of the molecule is CCOCCCNC(=NCC(=O)N(C)C)NC1CCN(Cc2ccccn2)CC1.I. The van der Waals surface area contributed by atoms with E-state index in [1.807, 2.05) is 25.3 Å². The van der Waals surface area contributed by atoms with Crippen molar-refractivity contribution in [3.05, 3.63) is 30.1 Å². The van der Waals surface area contributed by atoms with Crippen LogP contribution in [-0.4, -0.2) is 86.2 Å². The van der Waals surface area contributed by atoms with Gasteiger partial charge in [-0.1, -0.05) is 6.07 Å². The molecule has 1 aliphatic heterocycles. The number of likely N-dealkylation sites (N-methyl/N-ethyl adjacent to an activating group) is 1. The van der Waals surface area contributed by atoms with Crippen LogP contribution in [0, 0.1) is 0 Å². The zero-order valence-corrected chi connectivity index (χ0v) is 20.8. The number of guanidine groups is 1. The number of carbonyl (C=O) groups is 1. The topological polar surface area (TPSA) is 82.1 Å². The Labute approximate surface area is 197 Å². The smallest absolute Gasteiger partial charge is 0.243 e. The van der Waals surface area contributed by atoms with Crippen molar-refractivity contribution in [3.63, 3.8) is 0 Å². The first-order valence-corrected chi connectivity index (χ1v) is 10.5. The molecule has 2 heterocycles. The van der Waals surface area contributed by atoms with Gasteiger partial charge in [0.25, 0.3) is 0 Å². The number of likely N-dealkylation sites (tertiary alicyclic amines) is 1. The molecule has 1 fully saturated rings. The molecule has 0 radical (unpaired) electrons. The predicted molar refractivity (Wildman–Crippen MR) is 131 cm³/mol. The summed E-state index contributed by atoms with van der Waals surface area (Å²) in [5.74, 6) is 0.700. The van der Waals surface area contributed by atoms with Crippen LogP contribution in [-0.2, 0) is 16.1 Å². The van der Waals surface area contributed by atoms with Crippen LogP contribution >= 0.6 is 24.0 Å². The van der Waals surface area contributed by atoms with Crippen molar-refractivity contribution in [2.75, 3.05) is 53.5 Å². The highest BCUT2D eigenvalue weighted by molar-refractivity contribution is 14.0. The van der Waals surface area contributed by atoms with Crippen molar-refractivity contribution in [1.82, 2.24) is 25.4 Å². The fourth-order valence-electron chi connectivity index (χ4n) is 3.12. The van der Waals surface area contributed by atoms with E-state index >= 15 is 0 Å². The van der Waals surface area contributed by atoms with E-state index < -0.39 is 0 Å². The third-order valence-corrected chi connectivity index (χ3v) is 4.87. The van der Waals surface area contributed by atoms with E-state index in [-0.39, 0.29) is 36.4 Å². The number of amides is 1. The molecule has 0 aromatic carbocycles. The van der Waals surface area contributed by atoms with Crippen molar-refractivity contribution in [2.45, 2.75) is 38.8 Å². The van der Waals surface area contributed by atoms with Crippen LogP contribution in [0.2, 0.25) is 0 Å². The molecule has 1 aromatic rings. The van der Waals surface area contributed by atoms with Gasteiger partial charge in [-0.3, -0.25) is 14.7 Å². The summed E-state index contributed by atoms with van der Waals surface area (Å²) in [7, 11) is 3.50. The summed E-state index contributed by atoms with van der Waals surface area (Å²) < 4.78 is 5.38. The molecule has 2 rings (SSSR count). The number of nitrogens with one attached hydrogen (secondary N) is 2. The molecule has 0 saturated carbocycles. The van der Waals surface area contributed by atoms with Gasteiger partial charge in [-0.25, -0.2) is 4.99 Å². The monoisotopic (exact) mass is 532 g/mol. The molecule has 1 aromatic heterocycles. The summed E-state index contributed by atoms with van der Waals surface area (Å²) in [6.07, 6.45) is 4.82. The molecule has 0 bridgehead atoms. The average molecular weight is 532 g/mol. The minimum atomic E-state index is -0.00871. The van der Waals surface area contributed by atoms with Crippen molar-refractivity contribution < 1.29 is 9.53 Å². The lowest BCUT2D eigenvalue weighted by molar-refractivity contribution is -0.127. The Morgan fingerprint density at radius 3 is 2.73 bits per heavy atom. The van der Waals surface area contributed by atoms with Gasteiger partial charge in [0.15, 0.2) is 5.96 Å². The number of nitrogens with zero attached hydrogens (tertiary/aromatic N) is 4. The fourth-order valence-corrected chi connectivity index (χ4v) is 3.12. The van der Waals surface area contributed by atoms with E-state index in [1.54, 1.807) is 19.0 Å². The number of halogens is 1. The molecule has 1 amide bonds. The maximum Gasteiger partial charge on any atom is 0.243 e. The van der Waals surface area contributed by atoms with Gasteiger partial charge in [-0.05, 0) is 38.3 Å². The third-order valence-electron chi connectivity index (χ3n) is 4.87. The molecule has 2 N–H and O–H groups in total. The number of aromatic nitrogens is 1. The third kappa shape index (κ3) is 10.5. The molecule has 0 spiro atoms. The number of piperidine rings is 1. The molecule has 8 nitrogen and oxygen atoms in total. The minimum Gasteiger partial charge on any atom is -0.382 e. The van der Waals surface area contributed by atoms with Gasteiger partial charge >= 0.3 is 0 Å². The van der Waals surface area contributed by atoms with Crippen molar-refractivity contribution in [1.29, 1.82) is 0 Å². The molecule has 1 aliphatic rings. The first-order valence-electron chi connectivity index (χ1n) is 10.5. The number of hydrogen-bond donors (Lipinski definition) is 2. The predicted octanol–water partition coefficient (Wildman–Crippen LogP) is 1.71. The molecule has 1 saturated heterocycles.